The Labute approximate surface area is 153 Å². The van der Waals surface area contributed by atoms with Crippen LogP contribution in [0.15, 0.2) is 30.3 Å². The highest BCUT2D eigenvalue weighted by Crippen LogP contribution is 2.24. The second kappa shape index (κ2) is 7.37. The third-order valence-corrected chi connectivity index (χ3v) is 4.82. The molecule has 0 bridgehead atoms. The number of aromatic nitrogens is 2. The van der Waals surface area contributed by atoms with Gasteiger partial charge in [0.1, 0.15) is 0 Å². The first kappa shape index (κ1) is 16.9. The van der Waals surface area contributed by atoms with E-state index in [0.29, 0.717) is 24.7 Å². The molecule has 0 atom stereocenters. The number of amides is 1. The number of rotatable bonds is 4. The Morgan fingerprint density at radius 2 is 2.00 bits per heavy atom. The smallest absolute Gasteiger partial charge is 0.274 e. The number of morpholine rings is 1. The maximum atomic E-state index is 12.8. The van der Waals surface area contributed by atoms with Crippen LogP contribution in [0, 0.1) is 0 Å². The van der Waals surface area contributed by atoms with E-state index in [1.807, 2.05) is 19.2 Å². The molecule has 26 heavy (non-hydrogen) atoms. The van der Waals surface area contributed by atoms with Gasteiger partial charge in [-0.2, -0.15) is 5.10 Å². The van der Waals surface area contributed by atoms with Crippen molar-refractivity contribution in [2.45, 2.75) is 19.5 Å². The molecule has 1 saturated heterocycles. The normalized spacial score (nSPS) is 16.7. The Kier molecular flexibility index (Phi) is 4.79. The summed E-state index contributed by atoms with van der Waals surface area (Å²) >= 11 is 0. The van der Waals surface area contributed by atoms with Crippen LogP contribution in [0.5, 0.6) is 5.88 Å². The van der Waals surface area contributed by atoms with Gasteiger partial charge in [0.05, 0.1) is 19.8 Å². The summed E-state index contributed by atoms with van der Waals surface area (Å²) in [7, 11) is 1.82. The second-order valence-electron chi connectivity index (χ2n) is 6.68. The number of carbonyl (C=O) groups is 1. The molecule has 0 aliphatic carbocycles. The van der Waals surface area contributed by atoms with Crippen molar-refractivity contribution in [2.24, 2.45) is 0 Å². The monoisotopic (exact) mass is 356 g/mol. The van der Waals surface area contributed by atoms with Gasteiger partial charge in [0.15, 0.2) is 5.69 Å². The van der Waals surface area contributed by atoms with Gasteiger partial charge in [-0.15, -0.1) is 0 Å². The topological polar surface area (TPSA) is 59.8 Å². The Bertz CT molecular complexity index is 759. The highest BCUT2D eigenvalue weighted by molar-refractivity contribution is 5.92. The van der Waals surface area contributed by atoms with Crippen LogP contribution in [0.2, 0.25) is 0 Å². The molecule has 3 heterocycles. The molecule has 0 saturated carbocycles. The largest absolute Gasteiger partial charge is 0.478 e. The van der Waals surface area contributed by atoms with E-state index in [1.165, 1.54) is 5.69 Å². The number of fused-ring (bicyclic) bond motifs is 1. The molecule has 2 aliphatic rings. The Balaban J connectivity index is 1.50. The van der Waals surface area contributed by atoms with Crippen LogP contribution in [0.1, 0.15) is 22.5 Å². The Morgan fingerprint density at radius 3 is 2.81 bits per heavy atom. The molecule has 7 heteroatoms. The van der Waals surface area contributed by atoms with Crippen LogP contribution >= 0.6 is 0 Å². The molecule has 0 spiro atoms. The lowest BCUT2D eigenvalue weighted by molar-refractivity contribution is 0.0778. The maximum absolute atomic E-state index is 12.8. The number of carbonyl (C=O) groups excluding carboxylic acids is 1. The summed E-state index contributed by atoms with van der Waals surface area (Å²) in [6, 6.07) is 9.99. The summed E-state index contributed by atoms with van der Waals surface area (Å²) in [4.78, 5) is 16.9. The highest BCUT2D eigenvalue weighted by atomic mass is 16.5. The number of benzene rings is 1. The molecule has 0 radical (unpaired) electrons. The van der Waals surface area contributed by atoms with Gasteiger partial charge in [0.25, 0.3) is 5.91 Å². The van der Waals surface area contributed by atoms with Crippen molar-refractivity contribution in [1.29, 1.82) is 0 Å². The van der Waals surface area contributed by atoms with E-state index in [1.54, 1.807) is 15.6 Å². The number of ether oxygens (including phenoxy) is 2. The first-order valence-electron chi connectivity index (χ1n) is 9.09. The number of anilines is 1. The van der Waals surface area contributed by atoms with Gasteiger partial charge in [-0.1, -0.05) is 18.2 Å². The second-order valence-corrected chi connectivity index (χ2v) is 6.68. The predicted octanol–water partition coefficient (Wildman–Crippen LogP) is 1.77. The summed E-state index contributed by atoms with van der Waals surface area (Å²) in [5, 5.41) is 4.40. The average molecular weight is 356 g/mol. The molecule has 4 rings (SSSR count). The molecule has 7 nitrogen and oxygen atoms in total. The Hall–Kier alpha value is -2.54. The standard InChI is InChI=1S/C19H24N4O3/c1-21(19(24)16-13-18-23(20-16)7-4-10-26-18)14-15-5-2-3-6-17(15)22-8-11-25-12-9-22/h2-3,5-6,13H,4,7-12,14H2,1H3. The van der Waals surface area contributed by atoms with Gasteiger partial charge in [-0.3, -0.25) is 4.79 Å². The minimum atomic E-state index is -0.0905. The van der Waals surface area contributed by atoms with E-state index in [0.717, 1.165) is 44.8 Å². The van der Waals surface area contributed by atoms with Crippen molar-refractivity contribution < 1.29 is 14.3 Å². The molecular weight excluding hydrogens is 332 g/mol. The molecule has 2 aliphatic heterocycles. The summed E-state index contributed by atoms with van der Waals surface area (Å²) in [6.07, 6.45) is 0.922. The van der Waals surface area contributed by atoms with E-state index in [9.17, 15) is 4.79 Å². The van der Waals surface area contributed by atoms with Crippen LogP contribution in [-0.4, -0.2) is 60.5 Å². The van der Waals surface area contributed by atoms with Crippen LogP contribution < -0.4 is 9.64 Å². The zero-order chi connectivity index (χ0) is 17.9. The molecule has 138 valence electrons. The predicted molar refractivity (Wildman–Crippen MR) is 97.6 cm³/mol. The molecule has 2 aromatic rings. The van der Waals surface area contributed by atoms with E-state index in [2.05, 4.69) is 22.1 Å². The van der Waals surface area contributed by atoms with Gasteiger partial charge < -0.3 is 19.3 Å². The third kappa shape index (κ3) is 3.39. The fourth-order valence-electron chi connectivity index (χ4n) is 3.45. The molecule has 1 amide bonds. The van der Waals surface area contributed by atoms with E-state index < -0.39 is 0 Å². The van der Waals surface area contributed by atoms with Crippen molar-refractivity contribution >= 4 is 11.6 Å². The minimum absolute atomic E-state index is 0.0905. The summed E-state index contributed by atoms with van der Waals surface area (Å²) in [5.74, 6) is 0.592. The lowest BCUT2D eigenvalue weighted by Crippen LogP contribution is -2.37. The lowest BCUT2D eigenvalue weighted by atomic mass is 10.1. The van der Waals surface area contributed by atoms with Crippen molar-refractivity contribution in [3.05, 3.63) is 41.6 Å². The van der Waals surface area contributed by atoms with Gasteiger partial charge in [-0.25, -0.2) is 4.68 Å². The van der Waals surface area contributed by atoms with Gasteiger partial charge in [-0.05, 0) is 11.6 Å². The van der Waals surface area contributed by atoms with Crippen LogP contribution in [0.25, 0.3) is 0 Å². The maximum Gasteiger partial charge on any atom is 0.274 e. The molecule has 0 unspecified atom stereocenters. The molecule has 1 fully saturated rings. The lowest BCUT2D eigenvalue weighted by Gasteiger charge is -2.31. The molecule has 1 aromatic heterocycles. The number of para-hydroxylation sites is 1. The van der Waals surface area contributed by atoms with E-state index in [4.69, 9.17) is 9.47 Å². The fourth-order valence-corrected chi connectivity index (χ4v) is 3.45. The van der Waals surface area contributed by atoms with Crippen molar-refractivity contribution in [2.75, 3.05) is 44.9 Å². The summed E-state index contributed by atoms with van der Waals surface area (Å²) < 4.78 is 12.8. The van der Waals surface area contributed by atoms with Crippen molar-refractivity contribution in [3.8, 4) is 5.88 Å². The van der Waals surface area contributed by atoms with E-state index in [-0.39, 0.29) is 5.91 Å². The van der Waals surface area contributed by atoms with Crippen LogP contribution in [-0.2, 0) is 17.8 Å². The number of nitrogens with zero attached hydrogens (tertiary/aromatic N) is 4. The highest BCUT2D eigenvalue weighted by Gasteiger charge is 2.22. The van der Waals surface area contributed by atoms with Gasteiger partial charge in [0.2, 0.25) is 5.88 Å². The summed E-state index contributed by atoms with van der Waals surface area (Å²) in [6.45, 7) is 5.25. The van der Waals surface area contributed by atoms with Crippen LogP contribution in [0.3, 0.4) is 0 Å². The van der Waals surface area contributed by atoms with Gasteiger partial charge >= 0.3 is 0 Å². The summed E-state index contributed by atoms with van der Waals surface area (Å²) in [5.41, 5.74) is 2.74. The minimum Gasteiger partial charge on any atom is -0.478 e. The SMILES string of the molecule is CN(Cc1ccccc1N1CCOCC1)C(=O)c1cc2n(n1)CCCO2. The molecule has 1 aromatic carbocycles. The third-order valence-electron chi connectivity index (χ3n) is 4.82. The zero-order valence-electron chi connectivity index (χ0n) is 15.1. The van der Waals surface area contributed by atoms with Gasteiger partial charge in [0, 0.05) is 51.4 Å². The average Bonchev–Trinajstić information content (AvgIpc) is 3.12. The zero-order valence-corrected chi connectivity index (χ0v) is 15.1. The first-order chi connectivity index (χ1) is 12.7. The fraction of sp³-hybridized carbons (Fsp3) is 0.474. The van der Waals surface area contributed by atoms with E-state index >= 15 is 0 Å². The number of hydrogen-bond acceptors (Lipinski definition) is 5. The van der Waals surface area contributed by atoms with Crippen LogP contribution in [0.4, 0.5) is 5.69 Å². The number of aryl methyl sites for hydroxylation is 1. The molecular formula is C19H24N4O3. The first-order valence-corrected chi connectivity index (χ1v) is 9.09. The number of hydrogen-bond donors (Lipinski definition) is 0. The van der Waals surface area contributed by atoms with Crippen molar-refractivity contribution in [3.63, 3.8) is 0 Å². The van der Waals surface area contributed by atoms with Crippen molar-refractivity contribution in [1.82, 2.24) is 14.7 Å². The quantitative estimate of drug-likeness (QED) is 0.836. The molecule has 0 N–H and O–H groups in total. The Morgan fingerprint density at radius 1 is 1.19 bits per heavy atom.